The summed E-state index contributed by atoms with van der Waals surface area (Å²) in [5.41, 5.74) is 0. The molecule has 0 aromatic heterocycles. The Balaban J connectivity index is 4.17. The minimum absolute atomic E-state index is 0.391. The predicted molar refractivity (Wildman–Crippen MR) is 56.0 cm³/mol. The molecular formula is C10H23NO3. The summed E-state index contributed by atoms with van der Waals surface area (Å²) in [7, 11) is 0. The molecule has 0 heterocycles. The van der Waals surface area contributed by atoms with Crippen LogP contribution in [0.4, 0.5) is 0 Å². The van der Waals surface area contributed by atoms with Crippen molar-refractivity contribution in [1.82, 2.24) is 4.90 Å². The second-order valence-electron chi connectivity index (χ2n) is 3.04. The Labute approximate surface area is 86.8 Å². The zero-order valence-electron chi connectivity index (χ0n) is 9.75. The van der Waals surface area contributed by atoms with Crippen molar-refractivity contribution in [2.75, 3.05) is 32.8 Å². The minimum atomic E-state index is -1.45. The minimum Gasteiger partial charge on any atom is -0.342 e. The molecule has 0 unspecified atom stereocenters. The van der Waals surface area contributed by atoms with Gasteiger partial charge in [-0.3, -0.25) is 4.90 Å². The Morgan fingerprint density at radius 2 is 1.43 bits per heavy atom. The second kappa shape index (κ2) is 7.17. The molecule has 1 N–H and O–H groups in total. The molecule has 0 bridgehead atoms. The number of likely N-dealkylation sites (N-methyl/N-ethyl adjacent to an activating group) is 1. The highest BCUT2D eigenvalue weighted by Gasteiger charge is 2.30. The molecule has 4 nitrogen and oxygen atoms in total. The summed E-state index contributed by atoms with van der Waals surface area (Å²) in [5.74, 6) is -1.45. The van der Waals surface area contributed by atoms with E-state index in [1.54, 1.807) is 0 Å². The van der Waals surface area contributed by atoms with Crippen molar-refractivity contribution in [3.05, 3.63) is 0 Å². The molecule has 0 saturated heterocycles. The topological polar surface area (TPSA) is 41.9 Å². The summed E-state index contributed by atoms with van der Waals surface area (Å²) >= 11 is 0. The van der Waals surface area contributed by atoms with Crippen molar-refractivity contribution in [2.24, 2.45) is 0 Å². The van der Waals surface area contributed by atoms with Gasteiger partial charge in [0.25, 0.3) is 5.97 Å². The van der Waals surface area contributed by atoms with Gasteiger partial charge in [-0.1, -0.05) is 13.8 Å². The van der Waals surface area contributed by atoms with Crippen molar-refractivity contribution in [2.45, 2.75) is 33.7 Å². The monoisotopic (exact) mass is 205 g/mol. The predicted octanol–water partition coefficient (Wildman–Crippen LogP) is 1.05. The SMILES string of the molecule is CCOC(O)(CN(CC)CC)OCC. The maximum absolute atomic E-state index is 9.96. The highest BCUT2D eigenvalue weighted by Crippen LogP contribution is 2.11. The summed E-state index contributed by atoms with van der Waals surface area (Å²) in [4.78, 5) is 2.06. The van der Waals surface area contributed by atoms with E-state index in [9.17, 15) is 5.11 Å². The van der Waals surface area contributed by atoms with Crippen LogP contribution in [0.1, 0.15) is 27.7 Å². The summed E-state index contributed by atoms with van der Waals surface area (Å²) in [5, 5.41) is 9.96. The molecule has 0 aliphatic heterocycles. The van der Waals surface area contributed by atoms with Crippen LogP contribution < -0.4 is 0 Å². The molecule has 0 saturated carbocycles. The van der Waals surface area contributed by atoms with E-state index in [1.807, 2.05) is 27.7 Å². The van der Waals surface area contributed by atoms with Crippen LogP contribution >= 0.6 is 0 Å². The first-order valence-corrected chi connectivity index (χ1v) is 5.34. The van der Waals surface area contributed by atoms with Gasteiger partial charge in [0, 0.05) is 13.2 Å². The summed E-state index contributed by atoms with van der Waals surface area (Å²) < 4.78 is 10.4. The van der Waals surface area contributed by atoms with Crippen molar-refractivity contribution in [3.8, 4) is 0 Å². The molecule has 86 valence electrons. The molecule has 0 aromatic carbocycles. The number of ether oxygens (including phenoxy) is 2. The maximum Gasteiger partial charge on any atom is 0.293 e. The third-order valence-corrected chi connectivity index (χ3v) is 2.06. The van der Waals surface area contributed by atoms with Crippen LogP contribution in [0.25, 0.3) is 0 Å². The lowest BCUT2D eigenvalue weighted by Crippen LogP contribution is -2.47. The lowest BCUT2D eigenvalue weighted by molar-refractivity contribution is -0.361. The van der Waals surface area contributed by atoms with Crippen LogP contribution in [0.3, 0.4) is 0 Å². The van der Waals surface area contributed by atoms with Crippen LogP contribution in [0.5, 0.6) is 0 Å². The van der Waals surface area contributed by atoms with Gasteiger partial charge >= 0.3 is 0 Å². The van der Waals surface area contributed by atoms with Gasteiger partial charge < -0.3 is 14.6 Å². The van der Waals surface area contributed by atoms with Crippen LogP contribution in [0.2, 0.25) is 0 Å². The highest BCUT2D eigenvalue weighted by molar-refractivity contribution is 4.62. The third-order valence-electron chi connectivity index (χ3n) is 2.06. The molecule has 0 spiro atoms. The van der Waals surface area contributed by atoms with Crippen molar-refractivity contribution in [1.29, 1.82) is 0 Å². The van der Waals surface area contributed by atoms with Crippen LogP contribution in [-0.4, -0.2) is 48.8 Å². The van der Waals surface area contributed by atoms with Gasteiger partial charge in [-0.2, -0.15) is 0 Å². The van der Waals surface area contributed by atoms with Crippen molar-refractivity contribution >= 4 is 0 Å². The zero-order chi connectivity index (χ0) is 11.0. The lowest BCUT2D eigenvalue weighted by atomic mass is 10.4. The summed E-state index contributed by atoms with van der Waals surface area (Å²) in [6.45, 7) is 10.8. The average Bonchev–Trinajstić information content (AvgIpc) is 2.15. The molecule has 0 rings (SSSR count). The van der Waals surface area contributed by atoms with Gasteiger partial charge in [0.05, 0.1) is 6.54 Å². The third kappa shape index (κ3) is 4.91. The molecule has 0 aliphatic rings. The number of nitrogens with zero attached hydrogens (tertiary/aromatic N) is 1. The van der Waals surface area contributed by atoms with Gasteiger partial charge in [-0.25, -0.2) is 0 Å². The average molecular weight is 205 g/mol. The fraction of sp³-hybridized carbons (Fsp3) is 1.00. The summed E-state index contributed by atoms with van der Waals surface area (Å²) in [6.07, 6.45) is 0. The van der Waals surface area contributed by atoms with Crippen LogP contribution in [0, 0.1) is 0 Å². The molecule has 0 radical (unpaired) electrons. The number of rotatable bonds is 8. The second-order valence-corrected chi connectivity index (χ2v) is 3.04. The van der Waals surface area contributed by atoms with Gasteiger partial charge in [-0.05, 0) is 26.9 Å². The van der Waals surface area contributed by atoms with E-state index in [2.05, 4.69) is 4.90 Å². The highest BCUT2D eigenvalue weighted by atomic mass is 16.8. The zero-order valence-corrected chi connectivity index (χ0v) is 9.75. The molecular weight excluding hydrogens is 182 g/mol. The number of aliphatic hydroxyl groups is 1. The fourth-order valence-corrected chi connectivity index (χ4v) is 1.31. The Hall–Kier alpha value is -0.160. The Kier molecular flexibility index (Phi) is 7.09. The molecule has 0 amide bonds. The molecule has 0 fully saturated rings. The van der Waals surface area contributed by atoms with Crippen LogP contribution in [0.15, 0.2) is 0 Å². The number of hydrogen-bond donors (Lipinski definition) is 1. The van der Waals surface area contributed by atoms with Crippen molar-refractivity contribution < 1.29 is 14.6 Å². The normalized spacial score (nSPS) is 12.4. The quantitative estimate of drug-likeness (QED) is 0.601. The van der Waals surface area contributed by atoms with E-state index >= 15 is 0 Å². The van der Waals surface area contributed by atoms with Gasteiger partial charge in [0.15, 0.2) is 0 Å². The molecule has 0 atom stereocenters. The van der Waals surface area contributed by atoms with E-state index < -0.39 is 5.97 Å². The Morgan fingerprint density at radius 3 is 1.71 bits per heavy atom. The summed E-state index contributed by atoms with van der Waals surface area (Å²) in [6, 6.07) is 0. The van der Waals surface area contributed by atoms with E-state index in [1.165, 1.54) is 0 Å². The fourth-order valence-electron chi connectivity index (χ4n) is 1.31. The van der Waals surface area contributed by atoms with E-state index in [4.69, 9.17) is 9.47 Å². The smallest absolute Gasteiger partial charge is 0.293 e. The van der Waals surface area contributed by atoms with E-state index in [0.29, 0.717) is 19.8 Å². The first-order chi connectivity index (χ1) is 6.61. The van der Waals surface area contributed by atoms with E-state index in [-0.39, 0.29) is 0 Å². The standard InChI is InChI=1S/C10H23NO3/c1-5-11(6-2)9-10(12,13-7-3)14-8-4/h12H,5-9H2,1-4H3. The molecule has 0 aromatic rings. The van der Waals surface area contributed by atoms with Crippen LogP contribution in [-0.2, 0) is 9.47 Å². The van der Waals surface area contributed by atoms with E-state index in [0.717, 1.165) is 13.1 Å². The van der Waals surface area contributed by atoms with Gasteiger partial charge in [0.1, 0.15) is 0 Å². The van der Waals surface area contributed by atoms with Gasteiger partial charge in [-0.15, -0.1) is 0 Å². The first kappa shape index (κ1) is 13.8. The Morgan fingerprint density at radius 1 is 1.00 bits per heavy atom. The first-order valence-electron chi connectivity index (χ1n) is 5.34. The Bertz CT molecular complexity index is 131. The van der Waals surface area contributed by atoms with Gasteiger partial charge in [0.2, 0.25) is 0 Å². The number of hydrogen-bond acceptors (Lipinski definition) is 4. The van der Waals surface area contributed by atoms with Crippen molar-refractivity contribution in [3.63, 3.8) is 0 Å². The largest absolute Gasteiger partial charge is 0.342 e. The molecule has 4 heteroatoms. The molecule has 14 heavy (non-hydrogen) atoms. The molecule has 0 aliphatic carbocycles. The lowest BCUT2D eigenvalue weighted by Gasteiger charge is -2.31. The maximum atomic E-state index is 9.96.